The molecular weight excluding hydrogens is 390 g/mol. The standard InChI is InChI=1S/C17H14BrN3O2S/c18-12-8-4-5-9-13(12)20-15(22)10-14-16(23)21(17(19)24-14)11-6-2-1-3-7-11/h1-9,14,19H,10H2,(H,20,22). The summed E-state index contributed by atoms with van der Waals surface area (Å²) < 4.78 is 0.780. The molecule has 0 radical (unpaired) electrons. The third-order valence-corrected chi connectivity index (χ3v) is 5.24. The number of halogens is 1. The zero-order chi connectivity index (χ0) is 17.1. The molecule has 0 spiro atoms. The van der Waals surface area contributed by atoms with Gasteiger partial charge in [-0.25, -0.2) is 0 Å². The fraction of sp³-hybridized carbons (Fsp3) is 0.118. The number of thioether (sulfide) groups is 1. The van der Waals surface area contributed by atoms with E-state index in [1.807, 2.05) is 36.4 Å². The normalized spacial score (nSPS) is 17.2. The molecule has 1 fully saturated rings. The smallest absolute Gasteiger partial charge is 0.247 e. The maximum Gasteiger partial charge on any atom is 0.247 e. The van der Waals surface area contributed by atoms with Gasteiger partial charge in [-0.15, -0.1) is 0 Å². The molecule has 3 rings (SSSR count). The lowest BCUT2D eigenvalue weighted by Gasteiger charge is -2.15. The van der Waals surface area contributed by atoms with Crippen LogP contribution in [0.3, 0.4) is 0 Å². The molecule has 1 heterocycles. The Labute approximate surface area is 152 Å². The van der Waals surface area contributed by atoms with E-state index in [0.717, 1.165) is 16.2 Å². The topological polar surface area (TPSA) is 73.3 Å². The summed E-state index contributed by atoms with van der Waals surface area (Å²) in [5.74, 6) is -0.492. The number of rotatable bonds is 4. The molecule has 1 unspecified atom stereocenters. The van der Waals surface area contributed by atoms with Gasteiger partial charge in [0.15, 0.2) is 5.17 Å². The molecule has 5 nitrogen and oxygen atoms in total. The number of hydrogen-bond acceptors (Lipinski definition) is 4. The number of para-hydroxylation sites is 2. The Balaban J connectivity index is 1.68. The third kappa shape index (κ3) is 3.52. The van der Waals surface area contributed by atoms with Crippen LogP contribution in [0.1, 0.15) is 6.42 Å². The van der Waals surface area contributed by atoms with E-state index in [-0.39, 0.29) is 23.4 Å². The van der Waals surface area contributed by atoms with Crippen LogP contribution in [0.25, 0.3) is 0 Å². The largest absolute Gasteiger partial charge is 0.325 e. The van der Waals surface area contributed by atoms with Crippen molar-refractivity contribution >= 4 is 56.0 Å². The molecule has 0 aromatic heterocycles. The van der Waals surface area contributed by atoms with E-state index in [1.54, 1.807) is 18.2 Å². The van der Waals surface area contributed by atoms with Gasteiger partial charge in [0, 0.05) is 10.9 Å². The van der Waals surface area contributed by atoms with Gasteiger partial charge in [0.05, 0.1) is 11.4 Å². The number of carbonyl (C=O) groups is 2. The van der Waals surface area contributed by atoms with Crippen LogP contribution >= 0.6 is 27.7 Å². The van der Waals surface area contributed by atoms with Crippen molar-refractivity contribution in [3.8, 4) is 0 Å². The van der Waals surface area contributed by atoms with Crippen LogP contribution in [0.5, 0.6) is 0 Å². The molecule has 1 aliphatic rings. The molecule has 122 valence electrons. The Morgan fingerprint density at radius 3 is 2.54 bits per heavy atom. The summed E-state index contributed by atoms with van der Waals surface area (Å²) in [6, 6.07) is 16.3. The Morgan fingerprint density at radius 2 is 1.83 bits per heavy atom. The van der Waals surface area contributed by atoms with Gasteiger partial charge in [-0.05, 0) is 40.2 Å². The predicted octanol–water partition coefficient (Wildman–Crippen LogP) is 3.86. The van der Waals surface area contributed by atoms with Gasteiger partial charge in [-0.3, -0.25) is 19.9 Å². The first-order valence-electron chi connectivity index (χ1n) is 7.25. The molecule has 1 atom stereocenters. The first-order chi connectivity index (χ1) is 11.6. The summed E-state index contributed by atoms with van der Waals surface area (Å²) in [4.78, 5) is 26.1. The van der Waals surface area contributed by atoms with Gasteiger partial charge in [0.1, 0.15) is 5.25 Å². The van der Waals surface area contributed by atoms with Gasteiger partial charge in [0.25, 0.3) is 0 Å². The number of hydrogen-bond donors (Lipinski definition) is 2. The number of benzene rings is 2. The second-order valence-electron chi connectivity index (χ2n) is 5.15. The predicted molar refractivity (Wildman–Crippen MR) is 100 cm³/mol. The molecule has 1 aliphatic heterocycles. The van der Waals surface area contributed by atoms with Crippen molar-refractivity contribution in [3.05, 3.63) is 59.1 Å². The minimum absolute atomic E-state index is 0.0244. The van der Waals surface area contributed by atoms with Crippen LogP contribution in [0.4, 0.5) is 11.4 Å². The van der Waals surface area contributed by atoms with Crippen LogP contribution in [0.15, 0.2) is 59.1 Å². The van der Waals surface area contributed by atoms with E-state index < -0.39 is 5.25 Å². The van der Waals surface area contributed by atoms with Crippen molar-refractivity contribution < 1.29 is 9.59 Å². The highest BCUT2D eigenvalue weighted by molar-refractivity contribution is 9.10. The van der Waals surface area contributed by atoms with Crippen molar-refractivity contribution in [2.75, 3.05) is 10.2 Å². The fourth-order valence-corrected chi connectivity index (χ4v) is 3.76. The van der Waals surface area contributed by atoms with Crippen molar-refractivity contribution in [3.63, 3.8) is 0 Å². The van der Waals surface area contributed by atoms with Crippen molar-refractivity contribution in [1.29, 1.82) is 5.41 Å². The number of carbonyl (C=O) groups excluding carboxylic acids is 2. The van der Waals surface area contributed by atoms with Crippen LogP contribution in [-0.4, -0.2) is 22.2 Å². The number of amides is 2. The minimum atomic E-state index is -0.583. The Hall–Kier alpha value is -2.12. The molecule has 0 aliphatic carbocycles. The second kappa shape index (κ2) is 7.19. The van der Waals surface area contributed by atoms with E-state index in [2.05, 4.69) is 21.2 Å². The number of nitrogens with zero attached hydrogens (tertiary/aromatic N) is 1. The molecule has 2 aromatic rings. The third-order valence-electron chi connectivity index (χ3n) is 3.49. The van der Waals surface area contributed by atoms with E-state index >= 15 is 0 Å². The van der Waals surface area contributed by atoms with Gasteiger partial charge in [0.2, 0.25) is 11.8 Å². The minimum Gasteiger partial charge on any atom is -0.325 e. The average Bonchev–Trinajstić information content (AvgIpc) is 2.84. The number of anilines is 2. The molecule has 2 aromatic carbocycles. The molecule has 24 heavy (non-hydrogen) atoms. The zero-order valence-corrected chi connectivity index (χ0v) is 14.9. The fourth-order valence-electron chi connectivity index (χ4n) is 2.36. The Bertz CT molecular complexity index is 797. The molecule has 7 heteroatoms. The second-order valence-corrected chi connectivity index (χ2v) is 7.20. The van der Waals surface area contributed by atoms with Gasteiger partial charge in [-0.1, -0.05) is 42.1 Å². The highest BCUT2D eigenvalue weighted by Crippen LogP contribution is 2.33. The van der Waals surface area contributed by atoms with Crippen molar-refractivity contribution in [2.45, 2.75) is 11.7 Å². The molecule has 2 amide bonds. The summed E-state index contributed by atoms with van der Waals surface area (Å²) >= 11 is 4.48. The highest BCUT2D eigenvalue weighted by atomic mass is 79.9. The van der Waals surface area contributed by atoms with E-state index in [1.165, 1.54) is 4.90 Å². The molecular formula is C17H14BrN3O2S. The lowest BCUT2D eigenvalue weighted by atomic mass is 10.2. The highest BCUT2D eigenvalue weighted by Gasteiger charge is 2.39. The summed E-state index contributed by atoms with van der Waals surface area (Å²) in [6.07, 6.45) is 0.0244. The molecule has 0 bridgehead atoms. The lowest BCUT2D eigenvalue weighted by Crippen LogP contribution is -2.33. The van der Waals surface area contributed by atoms with Crippen LogP contribution in [-0.2, 0) is 9.59 Å². The van der Waals surface area contributed by atoms with Gasteiger partial charge < -0.3 is 5.32 Å². The Morgan fingerprint density at radius 1 is 1.17 bits per heavy atom. The summed E-state index contributed by atoms with van der Waals surface area (Å²) in [5, 5.41) is 10.4. The quantitative estimate of drug-likeness (QED) is 0.813. The van der Waals surface area contributed by atoms with Crippen molar-refractivity contribution in [1.82, 2.24) is 0 Å². The molecule has 2 N–H and O–H groups in total. The van der Waals surface area contributed by atoms with Crippen molar-refractivity contribution in [2.24, 2.45) is 0 Å². The van der Waals surface area contributed by atoms with E-state index in [4.69, 9.17) is 5.41 Å². The summed E-state index contributed by atoms with van der Waals surface area (Å²) in [6.45, 7) is 0. The molecule has 0 saturated carbocycles. The SMILES string of the molecule is N=C1SC(CC(=O)Nc2ccccc2Br)C(=O)N1c1ccccc1. The molecule has 1 saturated heterocycles. The first kappa shape index (κ1) is 16.7. The first-order valence-corrected chi connectivity index (χ1v) is 8.92. The maximum absolute atomic E-state index is 12.5. The maximum atomic E-state index is 12.5. The lowest BCUT2D eigenvalue weighted by molar-refractivity contribution is -0.121. The number of nitrogens with one attached hydrogen (secondary N) is 2. The van der Waals surface area contributed by atoms with Gasteiger partial charge in [-0.2, -0.15) is 0 Å². The van der Waals surface area contributed by atoms with Crippen LogP contribution in [0, 0.1) is 5.41 Å². The zero-order valence-electron chi connectivity index (χ0n) is 12.5. The van der Waals surface area contributed by atoms with Crippen LogP contribution in [0.2, 0.25) is 0 Å². The van der Waals surface area contributed by atoms with Crippen LogP contribution < -0.4 is 10.2 Å². The van der Waals surface area contributed by atoms with E-state index in [9.17, 15) is 9.59 Å². The summed E-state index contributed by atoms with van der Waals surface area (Å²) in [5.41, 5.74) is 1.31. The monoisotopic (exact) mass is 403 g/mol. The van der Waals surface area contributed by atoms with Gasteiger partial charge >= 0.3 is 0 Å². The van der Waals surface area contributed by atoms with E-state index in [0.29, 0.717) is 11.4 Å². The summed E-state index contributed by atoms with van der Waals surface area (Å²) in [7, 11) is 0. The number of amidine groups is 1. The average molecular weight is 404 g/mol. The Kier molecular flexibility index (Phi) is 5.01.